The maximum Gasteiger partial charge on any atom is 0.435 e. The van der Waals surface area contributed by atoms with Gasteiger partial charge in [-0.15, -0.1) is 0 Å². The summed E-state index contributed by atoms with van der Waals surface area (Å²) < 4.78 is 52.9. The molecule has 0 bridgehead atoms. The SMILES string of the molecule is COc1ncnc(C2CC2)c1-c1cc2n(n1)CCC(=O)N2Cc1ccc(-n2nc(C(F)(F)F)cc2OC)cc1. The Morgan fingerprint density at radius 3 is 2.46 bits per heavy atom. The Kier molecular flexibility index (Phi) is 6.00. The molecule has 39 heavy (non-hydrogen) atoms. The Bertz CT molecular complexity index is 1540. The monoisotopic (exact) mass is 539 g/mol. The second-order valence-electron chi connectivity index (χ2n) is 9.41. The molecule has 0 atom stereocenters. The highest BCUT2D eigenvalue weighted by molar-refractivity contribution is 5.94. The van der Waals surface area contributed by atoms with Crippen LogP contribution in [0.2, 0.25) is 0 Å². The largest absolute Gasteiger partial charge is 0.481 e. The maximum atomic E-state index is 13.1. The van der Waals surface area contributed by atoms with Crippen LogP contribution in [-0.2, 0) is 24.1 Å². The highest BCUT2D eigenvalue weighted by Crippen LogP contribution is 2.46. The van der Waals surface area contributed by atoms with Gasteiger partial charge in [-0.2, -0.15) is 23.4 Å². The molecule has 4 heterocycles. The summed E-state index contributed by atoms with van der Waals surface area (Å²) in [5, 5.41) is 8.42. The number of nitrogens with zero attached hydrogens (tertiary/aromatic N) is 7. The minimum atomic E-state index is -4.59. The molecule has 0 N–H and O–H groups in total. The van der Waals surface area contributed by atoms with Crippen molar-refractivity contribution < 1.29 is 27.4 Å². The minimum absolute atomic E-state index is 0.0383. The van der Waals surface area contributed by atoms with Crippen molar-refractivity contribution in [3.8, 4) is 28.7 Å². The van der Waals surface area contributed by atoms with Crippen molar-refractivity contribution in [3.05, 3.63) is 59.7 Å². The average molecular weight is 540 g/mol. The fraction of sp³-hybridized carbons (Fsp3) is 0.346. The summed E-state index contributed by atoms with van der Waals surface area (Å²) in [5.74, 6) is 1.33. The zero-order valence-electron chi connectivity index (χ0n) is 21.1. The van der Waals surface area contributed by atoms with Crippen LogP contribution in [0, 0.1) is 0 Å². The Labute approximate surface area is 221 Å². The van der Waals surface area contributed by atoms with E-state index in [0.29, 0.717) is 35.5 Å². The molecule has 1 amide bonds. The Morgan fingerprint density at radius 1 is 1.03 bits per heavy atom. The van der Waals surface area contributed by atoms with E-state index in [1.54, 1.807) is 41.0 Å². The summed E-state index contributed by atoms with van der Waals surface area (Å²) in [5.41, 5.74) is 2.42. The molecular formula is C26H24F3N7O3. The number of anilines is 1. The van der Waals surface area contributed by atoms with Crippen molar-refractivity contribution in [3.63, 3.8) is 0 Å². The van der Waals surface area contributed by atoms with Gasteiger partial charge in [0, 0.05) is 24.5 Å². The van der Waals surface area contributed by atoms with E-state index in [-0.39, 0.29) is 24.8 Å². The number of ether oxygens (including phenoxy) is 2. The maximum absolute atomic E-state index is 13.1. The second kappa shape index (κ2) is 9.40. The van der Waals surface area contributed by atoms with Crippen molar-refractivity contribution >= 4 is 11.7 Å². The van der Waals surface area contributed by atoms with Gasteiger partial charge in [-0.1, -0.05) is 12.1 Å². The van der Waals surface area contributed by atoms with Gasteiger partial charge in [-0.25, -0.2) is 19.3 Å². The van der Waals surface area contributed by atoms with E-state index in [9.17, 15) is 18.0 Å². The smallest absolute Gasteiger partial charge is 0.435 e. The third kappa shape index (κ3) is 4.57. The van der Waals surface area contributed by atoms with Crippen LogP contribution in [0.25, 0.3) is 16.9 Å². The van der Waals surface area contributed by atoms with Crippen LogP contribution >= 0.6 is 0 Å². The second-order valence-corrected chi connectivity index (χ2v) is 9.41. The molecule has 13 heteroatoms. The summed E-state index contributed by atoms with van der Waals surface area (Å²) in [7, 11) is 2.84. The molecule has 4 aromatic rings. The number of rotatable bonds is 7. The lowest BCUT2D eigenvalue weighted by Crippen LogP contribution is -2.36. The number of aromatic nitrogens is 6. The first-order valence-corrected chi connectivity index (χ1v) is 12.3. The molecule has 1 aromatic carbocycles. The summed E-state index contributed by atoms with van der Waals surface area (Å²) in [6.07, 6.45) is -0.722. The fourth-order valence-electron chi connectivity index (χ4n) is 4.75. The zero-order chi connectivity index (χ0) is 27.3. The van der Waals surface area contributed by atoms with Crippen LogP contribution in [0.3, 0.4) is 0 Å². The van der Waals surface area contributed by atoms with Crippen LogP contribution in [0.5, 0.6) is 11.8 Å². The molecule has 10 nitrogen and oxygen atoms in total. The predicted molar refractivity (Wildman–Crippen MR) is 133 cm³/mol. The first-order valence-electron chi connectivity index (χ1n) is 12.3. The molecule has 1 aliphatic heterocycles. The fourth-order valence-corrected chi connectivity index (χ4v) is 4.75. The van der Waals surface area contributed by atoms with E-state index in [1.807, 2.05) is 6.07 Å². The number of amides is 1. The summed E-state index contributed by atoms with van der Waals surface area (Å²) in [6.45, 7) is 0.700. The van der Waals surface area contributed by atoms with Crippen LogP contribution < -0.4 is 14.4 Å². The summed E-state index contributed by atoms with van der Waals surface area (Å²) >= 11 is 0. The third-order valence-electron chi connectivity index (χ3n) is 6.83. The van der Waals surface area contributed by atoms with E-state index in [4.69, 9.17) is 14.6 Å². The first-order chi connectivity index (χ1) is 18.8. The first kappa shape index (κ1) is 24.9. The molecule has 1 saturated carbocycles. The Balaban J connectivity index is 1.29. The Hall–Kier alpha value is -4.42. The number of benzene rings is 1. The van der Waals surface area contributed by atoms with Crippen molar-refractivity contribution in [2.75, 3.05) is 19.1 Å². The highest BCUT2D eigenvalue weighted by Gasteiger charge is 2.36. The van der Waals surface area contributed by atoms with Gasteiger partial charge in [0.15, 0.2) is 5.69 Å². The lowest BCUT2D eigenvalue weighted by atomic mass is 10.1. The van der Waals surface area contributed by atoms with Crippen molar-refractivity contribution in [1.29, 1.82) is 0 Å². The number of aryl methyl sites for hydroxylation is 1. The van der Waals surface area contributed by atoms with Crippen molar-refractivity contribution in [2.45, 2.75) is 44.4 Å². The number of hydrogen-bond donors (Lipinski definition) is 0. The number of hydrogen-bond acceptors (Lipinski definition) is 7. The molecule has 1 aliphatic carbocycles. The molecule has 202 valence electrons. The molecule has 0 unspecified atom stereocenters. The quantitative estimate of drug-likeness (QED) is 0.344. The zero-order valence-corrected chi connectivity index (χ0v) is 21.1. The van der Waals surface area contributed by atoms with Gasteiger partial charge in [-0.05, 0) is 30.5 Å². The number of carbonyl (C=O) groups excluding carboxylic acids is 1. The predicted octanol–water partition coefficient (Wildman–Crippen LogP) is 4.38. The number of fused-ring (bicyclic) bond motifs is 1. The summed E-state index contributed by atoms with van der Waals surface area (Å²) in [4.78, 5) is 23.4. The van der Waals surface area contributed by atoms with Gasteiger partial charge >= 0.3 is 6.18 Å². The minimum Gasteiger partial charge on any atom is -0.481 e. The molecule has 1 fully saturated rings. The van der Waals surface area contributed by atoms with Crippen molar-refractivity contribution in [2.24, 2.45) is 0 Å². The van der Waals surface area contributed by atoms with Gasteiger partial charge in [-0.3, -0.25) is 9.69 Å². The highest BCUT2D eigenvalue weighted by atomic mass is 19.4. The van der Waals surface area contributed by atoms with Gasteiger partial charge in [0.25, 0.3) is 0 Å². The van der Waals surface area contributed by atoms with Crippen LogP contribution in [0.15, 0.2) is 42.7 Å². The van der Waals surface area contributed by atoms with E-state index >= 15 is 0 Å². The van der Waals surface area contributed by atoms with E-state index < -0.39 is 11.9 Å². The molecule has 6 rings (SSSR count). The van der Waals surface area contributed by atoms with Gasteiger partial charge in [0.05, 0.1) is 44.3 Å². The van der Waals surface area contributed by atoms with Gasteiger partial charge in [0.1, 0.15) is 17.8 Å². The number of halogens is 3. The molecule has 0 spiro atoms. The van der Waals surface area contributed by atoms with Gasteiger partial charge < -0.3 is 9.47 Å². The number of carbonyl (C=O) groups is 1. The lowest BCUT2D eigenvalue weighted by molar-refractivity contribution is -0.141. The van der Waals surface area contributed by atoms with Crippen molar-refractivity contribution in [1.82, 2.24) is 29.5 Å². The normalized spacial score (nSPS) is 15.4. The van der Waals surface area contributed by atoms with E-state index in [1.165, 1.54) is 13.4 Å². The van der Waals surface area contributed by atoms with E-state index in [0.717, 1.165) is 40.4 Å². The van der Waals surface area contributed by atoms with Crippen LogP contribution in [-0.4, -0.2) is 49.7 Å². The standard InChI is InChI=1S/C26H24F3N7O3/c1-38-22-12-19(26(27,28)29)33-36(22)17-7-3-15(4-8-17)13-34-20-11-18(32-35(20)10-9-21(34)37)23-24(16-5-6-16)30-14-31-25(23)39-2/h3-4,7-8,11-12,14,16H,5-6,9-10,13H2,1-2H3. The third-order valence-corrected chi connectivity index (χ3v) is 6.83. The van der Waals surface area contributed by atoms with Crippen LogP contribution in [0.1, 0.15) is 42.1 Å². The van der Waals surface area contributed by atoms with Gasteiger partial charge in [0.2, 0.25) is 17.7 Å². The topological polar surface area (TPSA) is 100 Å². The molecule has 3 aromatic heterocycles. The molecule has 0 saturated heterocycles. The Morgan fingerprint density at radius 2 is 1.79 bits per heavy atom. The molecule has 0 radical (unpaired) electrons. The number of methoxy groups -OCH3 is 2. The van der Waals surface area contributed by atoms with Crippen LogP contribution in [0.4, 0.5) is 19.0 Å². The lowest BCUT2D eigenvalue weighted by Gasteiger charge is -2.27. The average Bonchev–Trinajstić information content (AvgIpc) is 3.53. The van der Waals surface area contributed by atoms with E-state index in [2.05, 4.69) is 15.1 Å². The number of alkyl halides is 3. The molecular weight excluding hydrogens is 515 g/mol. The molecule has 2 aliphatic rings. The summed E-state index contributed by atoms with van der Waals surface area (Å²) in [6, 6.07) is 9.46.